The Labute approximate surface area is 460 Å². The molecule has 0 saturated carbocycles. The van der Waals surface area contributed by atoms with Crippen molar-refractivity contribution >= 4 is 34.7 Å². The molecule has 20 nitrogen and oxygen atoms in total. The van der Waals surface area contributed by atoms with Crippen LogP contribution in [-0.2, 0) is 71.6 Å². The fourth-order valence-electron chi connectivity index (χ4n) is 13.4. The first-order chi connectivity index (χ1) is 36.8. The van der Waals surface area contributed by atoms with E-state index in [2.05, 4.69) is 16.7 Å². The van der Waals surface area contributed by atoms with E-state index in [1.165, 1.54) is 6.20 Å². The molecule has 2 aromatic rings. The number of carboxylic acid groups (broad SMARTS) is 1. The summed E-state index contributed by atoms with van der Waals surface area (Å²) in [6.45, 7) is 20.9. The van der Waals surface area contributed by atoms with E-state index < -0.39 is 119 Å². The maximum absolute atomic E-state index is 14.8. The van der Waals surface area contributed by atoms with Crippen molar-refractivity contribution in [1.82, 2.24) is 20.1 Å². The monoisotopic (exact) mass is 1100 g/mol. The second-order valence-corrected chi connectivity index (χ2v) is 23.8. The number of rotatable bonds is 18. The number of carboxylic acids is 1. The minimum absolute atomic E-state index is 0.153. The Balaban J connectivity index is 1.07. The minimum Gasteiger partial charge on any atom is -0.477 e. The number of hydrogen-bond donors (Lipinski definition) is 4. The zero-order valence-electron chi connectivity index (χ0n) is 48.6. The number of carbonyl (C=O) groups is 4. The molecule has 4 saturated heterocycles. The molecule has 6 heterocycles. The zero-order valence-corrected chi connectivity index (χ0v) is 48.6. The predicted octanol–water partition coefficient (Wildman–Crippen LogP) is 5.79. The van der Waals surface area contributed by atoms with Gasteiger partial charge in [0.05, 0.1) is 53.1 Å². The molecule has 1 amide bonds. The van der Waals surface area contributed by atoms with Gasteiger partial charge in [-0.25, -0.2) is 9.59 Å². The Morgan fingerprint density at radius 1 is 0.923 bits per heavy atom. The van der Waals surface area contributed by atoms with Gasteiger partial charge in [-0.05, 0) is 137 Å². The van der Waals surface area contributed by atoms with Crippen LogP contribution < -0.4 is 16.1 Å². The van der Waals surface area contributed by atoms with Crippen LogP contribution in [0.3, 0.4) is 0 Å². The van der Waals surface area contributed by atoms with Gasteiger partial charge in [0.1, 0.15) is 29.7 Å². The van der Waals surface area contributed by atoms with Gasteiger partial charge in [0.15, 0.2) is 18.2 Å². The number of aliphatic hydroxyl groups excluding tert-OH is 1. The van der Waals surface area contributed by atoms with Crippen molar-refractivity contribution in [2.24, 2.45) is 23.7 Å². The van der Waals surface area contributed by atoms with Gasteiger partial charge in [0, 0.05) is 69.2 Å². The van der Waals surface area contributed by atoms with Crippen LogP contribution >= 0.6 is 0 Å². The summed E-state index contributed by atoms with van der Waals surface area (Å²) in [6.07, 6.45) is -1.40. The molecule has 0 radical (unpaired) electrons. The number of esters is 1. The van der Waals surface area contributed by atoms with E-state index in [9.17, 15) is 34.2 Å². The number of cyclic esters (lactones) is 1. The zero-order chi connectivity index (χ0) is 57.2. The lowest BCUT2D eigenvalue weighted by Crippen LogP contribution is -2.61. The number of aromatic carboxylic acids is 1. The molecular formula is C58H90N4O16. The lowest BCUT2D eigenvalue weighted by Gasteiger charge is -2.50. The Morgan fingerprint density at radius 3 is 2.28 bits per heavy atom. The lowest BCUT2D eigenvalue weighted by atomic mass is 9.73. The van der Waals surface area contributed by atoms with Gasteiger partial charge in [0.2, 0.25) is 5.43 Å². The molecule has 18 atom stereocenters. The minimum atomic E-state index is -1.39. The summed E-state index contributed by atoms with van der Waals surface area (Å²) >= 11 is 0. The first kappa shape index (κ1) is 61.5. The van der Waals surface area contributed by atoms with E-state index >= 15 is 0 Å². The highest BCUT2D eigenvalue weighted by Crippen LogP contribution is 2.43. The number of alkyl carbamates (subject to hydrolysis) is 1. The van der Waals surface area contributed by atoms with Crippen molar-refractivity contribution in [3.05, 3.63) is 45.2 Å². The first-order valence-corrected chi connectivity index (χ1v) is 28.4. The number of ketones is 1. The smallest absolute Gasteiger partial charge is 0.408 e. The predicted molar refractivity (Wildman–Crippen MR) is 289 cm³/mol. The first-order valence-electron chi connectivity index (χ1n) is 28.4. The summed E-state index contributed by atoms with van der Waals surface area (Å²) in [7, 11) is 6.97. The second kappa shape index (κ2) is 25.4. The highest BCUT2D eigenvalue weighted by atomic mass is 16.7. The Bertz CT molecular complexity index is 2510. The molecule has 1 aromatic heterocycles. The summed E-state index contributed by atoms with van der Waals surface area (Å²) in [5, 5.41) is 28.4. The van der Waals surface area contributed by atoms with Crippen LogP contribution in [0.5, 0.6) is 0 Å². The molecule has 4 fully saturated rings. The molecule has 0 spiro atoms. The summed E-state index contributed by atoms with van der Waals surface area (Å²) in [5.41, 5.74) is -1.25. The Kier molecular flexibility index (Phi) is 20.0. The number of amides is 1. The van der Waals surface area contributed by atoms with E-state index in [-0.39, 0.29) is 42.8 Å². The number of nitrogens with zero attached hydrogens (tertiary/aromatic N) is 2. The standard InChI is InChI=1S/C58H90N4O16/c1-15-42-58(10)49(60-55(69)78-58)33(4)45(63)31(2)28-56(8,70-13)50(77-54-47(65)41(61(11)12)25-32(3)73-54)34(5)48(35(6)53(68)75-42)76-43-29-57(9,71-14)51(36(7)74-43)72-24-18-22-59-21-16-19-37-26-38-20-17-23-62-30-40(52(66)67)46(64)39(27-37)44(38)62/h26-27,30-36,41-43,47-51,54,59,65H,15-25,28-29H2,1-14H3,(H,60,69)(H,66,67)/t31-,32-,33?,34+,35-,36+,41+,42-,43+,47-,48+,49-,50-,51+,54+,56-,57-,58-/m1/s1. The van der Waals surface area contributed by atoms with E-state index in [4.69, 9.17) is 42.6 Å². The molecule has 0 aliphatic carbocycles. The summed E-state index contributed by atoms with van der Waals surface area (Å²) in [4.78, 5) is 69.4. The summed E-state index contributed by atoms with van der Waals surface area (Å²) in [5.74, 6) is -5.09. The van der Waals surface area contributed by atoms with Crippen LogP contribution in [-0.4, -0.2) is 176 Å². The largest absolute Gasteiger partial charge is 0.477 e. The number of Topliss-reactive ketones (excluding diaryl/α,β-unsaturated/α-hetero) is 1. The van der Waals surface area contributed by atoms with Gasteiger partial charge in [-0.15, -0.1) is 0 Å². The Hall–Kier alpha value is -4.09. The van der Waals surface area contributed by atoms with Gasteiger partial charge >= 0.3 is 18.0 Å². The normalized spacial score (nSPS) is 37.8. The van der Waals surface area contributed by atoms with Gasteiger partial charge < -0.3 is 72.9 Å². The number of hydrogen-bond acceptors (Lipinski definition) is 17. The number of likely N-dealkylation sites (N-methyl/N-ethyl adjacent to an activating group) is 1. The van der Waals surface area contributed by atoms with Crippen LogP contribution in [0.2, 0.25) is 0 Å². The third kappa shape index (κ3) is 12.8. The number of aliphatic hydroxyl groups is 1. The van der Waals surface area contributed by atoms with Crippen molar-refractivity contribution in [2.75, 3.05) is 48.0 Å². The van der Waals surface area contributed by atoms with Crippen LogP contribution in [0, 0.1) is 23.7 Å². The molecule has 438 valence electrons. The number of ether oxygens (including phenoxy) is 9. The number of methoxy groups -OCH3 is 2. The van der Waals surface area contributed by atoms with E-state index in [0.717, 1.165) is 48.9 Å². The maximum Gasteiger partial charge on any atom is 0.408 e. The molecule has 4 N–H and O–H groups in total. The van der Waals surface area contributed by atoms with Crippen LogP contribution in [0.1, 0.15) is 136 Å². The van der Waals surface area contributed by atoms with Crippen molar-refractivity contribution in [1.29, 1.82) is 0 Å². The van der Waals surface area contributed by atoms with Crippen LogP contribution in [0.25, 0.3) is 10.9 Å². The number of aromatic nitrogens is 1. The topological polar surface area (TPSA) is 241 Å². The van der Waals surface area contributed by atoms with Crippen molar-refractivity contribution in [3.63, 3.8) is 0 Å². The maximum atomic E-state index is 14.8. The fraction of sp³-hybridized carbons (Fsp3) is 0.776. The highest BCUT2D eigenvalue weighted by Gasteiger charge is 2.58. The van der Waals surface area contributed by atoms with Gasteiger partial charge in [-0.2, -0.15) is 0 Å². The average Bonchev–Trinajstić information content (AvgIpc) is 3.72. The van der Waals surface area contributed by atoms with E-state index in [0.29, 0.717) is 37.9 Å². The third-order valence-electron chi connectivity index (χ3n) is 17.8. The number of pyridine rings is 1. The van der Waals surface area contributed by atoms with Crippen LogP contribution in [0.4, 0.5) is 4.79 Å². The number of aryl methyl sites for hydroxylation is 3. The van der Waals surface area contributed by atoms with Crippen LogP contribution in [0.15, 0.2) is 23.1 Å². The molecule has 5 aliphatic heterocycles. The number of carbonyl (C=O) groups excluding carboxylic acids is 3. The van der Waals surface area contributed by atoms with Crippen molar-refractivity contribution in [3.8, 4) is 0 Å². The third-order valence-corrected chi connectivity index (χ3v) is 17.8. The van der Waals surface area contributed by atoms with E-state index in [1.807, 2.05) is 78.1 Å². The average molecular weight is 1100 g/mol. The number of nitrogens with one attached hydrogen (secondary N) is 2. The fourth-order valence-corrected chi connectivity index (χ4v) is 13.4. The molecular weight excluding hydrogens is 1010 g/mol. The quantitative estimate of drug-likeness (QED) is 0.102. The molecule has 1 aromatic carbocycles. The van der Waals surface area contributed by atoms with Gasteiger partial charge in [0.25, 0.3) is 0 Å². The molecule has 5 aliphatic rings. The van der Waals surface area contributed by atoms with Gasteiger partial charge in [-0.3, -0.25) is 14.4 Å². The SMILES string of the molecule is CC[C@H]1OC(=O)[C@H](C)[C@@H](O[C@H]2C[C@@](C)(OC)[C@@H](OCCCNCCCc3cc4c5c(c3)c(=O)c(C(=O)O)cn5CCC4)[C@H](C)O2)[C@H](C)[C@@H](O[C@@H]2O[C@H](C)C[C@H](N(C)C)[C@H]2O)[C@](C)(OC)C[C@@H](C)C(=O)C(C)[C@H]2NC(=O)O[C@@]21C. The second-order valence-electron chi connectivity index (χ2n) is 23.8. The molecule has 7 rings (SSSR count). The molecule has 78 heavy (non-hydrogen) atoms. The van der Waals surface area contributed by atoms with Gasteiger partial charge in [-0.1, -0.05) is 33.8 Å². The van der Waals surface area contributed by atoms with Crippen molar-refractivity contribution in [2.45, 2.75) is 218 Å². The summed E-state index contributed by atoms with van der Waals surface area (Å²) in [6, 6.07) is 2.88. The molecule has 1 unspecified atom stereocenters. The highest BCUT2D eigenvalue weighted by molar-refractivity contribution is 5.94. The number of fused-ring (bicyclic) bond motifs is 1. The Morgan fingerprint density at radius 2 is 1.62 bits per heavy atom. The molecule has 20 heteroatoms. The lowest BCUT2D eigenvalue weighted by molar-refractivity contribution is -0.322. The number of benzene rings is 1. The van der Waals surface area contributed by atoms with Crippen molar-refractivity contribution < 1.29 is 72.0 Å². The molecule has 0 bridgehead atoms. The van der Waals surface area contributed by atoms with E-state index in [1.54, 1.807) is 35.0 Å². The summed E-state index contributed by atoms with van der Waals surface area (Å²) < 4.78 is 60.6.